The molecule has 0 aromatic heterocycles. The van der Waals surface area contributed by atoms with E-state index in [-0.39, 0.29) is 29.8 Å². The van der Waals surface area contributed by atoms with E-state index in [2.05, 4.69) is 34.7 Å². The van der Waals surface area contributed by atoms with E-state index in [0.29, 0.717) is 32.7 Å². The fourth-order valence-electron chi connectivity index (χ4n) is 4.79. The van der Waals surface area contributed by atoms with Crippen LogP contribution in [0, 0.1) is 11.8 Å². The van der Waals surface area contributed by atoms with Crippen LogP contribution in [0.25, 0.3) is 0 Å². The number of hydrogen-bond acceptors (Lipinski definition) is 6. The lowest BCUT2D eigenvalue weighted by Crippen LogP contribution is -2.52. The molecule has 170 valence electrons. The van der Waals surface area contributed by atoms with Gasteiger partial charge in [-0.25, -0.2) is 4.79 Å². The normalized spacial score (nSPS) is 25.4. The number of carbonyl (C=O) groups is 2. The zero-order valence-electron chi connectivity index (χ0n) is 18.7. The molecule has 3 rings (SSSR count). The van der Waals surface area contributed by atoms with Crippen LogP contribution >= 0.6 is 0 Å². The highest BCUT2D eigenvalue weighted by molar-refractivity contribution is 5.95. The van der Waals surface area contributed by atoms with E-state index in [1.54, 1.807) is 0 Å². The molecule has 2 heterocycles. The number of rotatable bonds is 7. The third kappa shape index (κ3) is 5.81. The summed E-state index contributed by atoms with van der Waals surface area (Å²) in [7, 11) is 3.93. The topological polar surface area (TPSA) is 83.1 Å². The first-order chi connectivity index (χ1) is 14.5. The molecule has 8 nitrogen and oxygen atoms in total. The standard InChI is InChI=1S/C22H38N4O4/c1-4-26(21(28)24-19-7-10-25(3)11-8-19)20(27)18(16-23-2)14-17-6-5-9-22(15-17)29-12-13-30-22/h5-6,17-19,23H,4,7-16H2,1-3H3,(H,24,28). The summed E-state index contributed by atoms with van der Waals surface area (Å²) in [5, 5.41) is 6.21. The van der Waals surface area contributed by atoms with E-state index in [9.17, 15) is 9.59 Å². The summed E-state index contributed by atoms with van der Waals surface area (Å²) in [6.07, 6.45) is 8.29. The van der Waals surface area contributed by atoms with Crippen LogP contribution in [0.5, 0.6) is 0 Å². The molecule has 30 heavy (non-hydrogen) atoms. The van der Waals surface area contributed by atoms with Crippen LogP contribution in [0.2, 0.25) is 0 Å². The van der Waals surface area contributed by atoms with Crippen LogP contribution in [0.15, 0.2) is 12.2 Å². The Morgan fingerprint density at radius 1 is 1.27 bits per heavy atom. The number of allylic oxidation sites excluding steroid dienone is 1. The van der Waals surface area contributed by atoms with Crippen LogP contribution in [-0.2, 0) is 14.3 Å². The Morgan fingerprint density at radius 3 is 2.60 bits per heavy atom. The molecule has 1 aliphatic carbocycles. The SMILES string of the molecule is CCN(C(=O)NC1CCN(C)CC1)C(=O)C(CNC)CC1C=CCC2(C1)OCCO2. The van der Waals surface area contributed by atoms with Gasteiger partial charge in [-0.2, -0.15) is 0 Å². The molecule has 2 fully saturated rings. The van der Waals surface area contributed by atoms with E-state index in [4.69, 9.17) is 9.47 Å². The first-order valence-corrected chi connectivity index (χ1v) is 11.4. The molecule has 2 unspecified atom stereocenters. The smallest absolute Gasteiger partial charge is 0.324 e. The summed E-state index contributed by atoms with van der Waals surface area (Å²) >= 11 is 0. The van der Waals surface area contributed by atoms with Gasteiger partial charge in [0.25, 0.3) is 0 Å². The maximum absolute atomic E-state index is 13.3. The minimum Gasteiger partial charge on any atom is -0.347 e. The Morgan fingerprint density at radius 2 is 1.97 bits per heavy atom. The molecule has 0 aromatic rings. The first kappa shape index (κ1) is 23.2. The van der Waals surface area contributed by atoms with Crippen molar-refractivity contribution in [1.82, 2.24) is 20.4 Å². The highest BCUT2D eigenvalue weighted by Gasteiger charge is 2.41. The Hall–Kier alpha value is -1.48. The van der Waals surface area contributed by atoms with Crippen molar-refractivity contribution in [2.45, 2.75) is 50.9 Å². The van der Waals surface area contributed by atoms with Gasteiger partial charge in [0, 0.05) is 32.0 Å². The summed E-state index contributed by atoms with van der Waals surface area (Å²) in [6, 6.07) is -0.132. The van der Waals surface area contributed by atoms with Crippen molar-refractivity contribution in [1.29, 1.82) is 0 Å². The molecule has 0 bridgehead atoms. The van der Waals surface area contributed by atoms with Gasteiger partial charge >= 0.3 is 6.03 Å². The van der Waals surface area contributed by atoms with Gasteiger partial charge in [-0.1, -0.05) is 12.2 Å². The Balaban J connectivity index is 1.60. The zero-order valence-corrected chi connectivity index (χ0v) is 18.7. The molecule has 2 atom stereocenters. The van der Waals surface area contributed by atoms with Crippen molar-refractivity contribution in [3.63, 3.8) is 0 Å². The summed E-state index contributed by atoms with van der Waals surface area (Å²) < 4.78 is 11.7. The van der Waals surface area contributed by atoms with Gasteiger partial charge in [-0.05, 0) is 59.3 Å². The minimum atomic E-state index is -0.525. The molecule has 2 N–H and O–H groups in total. The van der Waals surface area contributed by atoms with E-state index in [1.807, 2.05) is 14.0 Å². The van der Waals surface area contributed by atoms with Crippen molar-refractivity contribution in [2.24, 2.45) is 11.8 Å². The van der Waals surface area contributed by atoms with Gasteiger partial charge < -0.3 is 25.0 Å². The second-order valence-electron chi connectivity index (χ2n) is 8.80. The van der Waals surface area contributed by atoms with Gasteiger partial charge in [0.05, 0.1) is 19.1 Å². The average Bonchev–Trinajstić information content (AvgIpc) is 3.17. The average molecular weight is 423 g/mol. The maximum atomic E-state index is 13.3. The number of piperidine rings is 1. The molecule has 3 amide bonds. The number of hydrogen-bond donors (Lipinski definition) is 2. The van der Waals surface area contributed by atoms with Crippen LogP contribution in [0.1, 0.15) is 39.0 Å². The van der Waals surface area contributed by atoms with Crippen molar-refractivity contribution in [2.75, 3.05) is 53.5 Å². The molecule has 1 spiro atoms. The molecule has 8 heteroatoms. The van der Waals surface area contributed by atoms with Crippen LogP contribution < -0.4 is 10.6 Å². The van der Waals surface area contributed by atoms with Crippen LogP contribution in [0.4, 0.5) is 4.79 Å². The fourth-order valence-corrected chi connectivity index (χ4v) is 4.79. The summed E-state index contributed by atoms with van der Waals surface area (Å²) in [5.74, 6) is -0.722. The second-order valence-corrected chi connectivity index (χ2v) is 8.80. The molecule has 0 saturated carbocycles. The minimum absolute atomic E-state index is 0.112. The molecule has 0 aromatic carbocycles. The van der Waals surface area contributed by atoms with Crippen molar-refractivity contribution >= 4 is 11.9 Å². The predicted molar refractivity (Wildman–Crippen MR) is 115 cm³/mol. The van der Waals surface area contributed by atoms with Crippen LogP contribution in [0.3, 0.4) is 0 Å². The summed E-state index contributed by atoms with van der Waals surface area (Å²) in [6.45, 7) is 5.95. The maximum Gasteiger partial charge on any atom is 0.324 e. The molecule has 3 aliphatic rings. The monoisotopic (exact) mass is 422 g/mol. The van der Waals surface area contributed by atoms with Gasteiger partial charge in [-0.3, -0.25) is 9.69 Å². The molecule has 2 aliphatic heterocycles. The lowest BCUT2D eigenvalue weighted by atomic mass is 9.83. The number of ether oxygens (including phenoxy) is 2. The largest absolute Gasteiger partial charge is 0.347 e. The highest BCUT2D eigenvalue weighted by atomic mass is 16.7. The summed E-state index contributed by atoms with van der Waals surface area (Å²) in [5.41, 5.74) is 0. The quantitative estimate of drug-likeness (QED) is 0.606. The Labute approximate surface area is 180 Å². The number of nitrogens with one attached hydrogen (secondary N) is 2. The molecular weight excluding hydrogens is 384 g/mol. The van der Waals surface area contributed by atoms with Crippen molar-refractivity contribution in [3.05, 3.63) is 12.2 Å². The van der Waals surface area contributed by atoms with E-state index >= 15 is 0 Å². The molecular formula is C22H38N4O4. The zero-order chi connectivity index (χ0) is 21.6. The highest BCUT2D eigenvalue weighted by Crippen LogP contribution is 2.37. The third-order valence-corrected chi connectivity index (χ3v) is 6.48. The first-order valence-electron chi connectivity index (χ1n) is 11.4. The number of nitrogens with zero attached hydrogens (tertiary/aromatic N) is 2. The van der Waals surface area contributed by atoms with Gasteiger partial charge in [0.2, 0.25) is 5.91 Å². The predicted octanol–water partition coefficient (Wildman–Crippen LogP) is 1.57. The van der Waals surface area contributed by atoms with Crippen LogP contribution in [-0.4, -0.2) is 87.1 Å². The van der Waals surface area contributed by atoms with Crippen molar-refractivity contribution in [3.8, 4) is 0 Å². The Bertz CT molecular complexity index is 612. The van der Waals surface area contributed by atoms with Gasteiger partial charge in [-0.15, -0.1) is 0 Å². The fraction of sp³-hybridized carbons (Fsp3) is 0.818. The van der Waals surface area contributed by atoms with Gasteiger partial charge in [0.15, 0.2) is 5.79 Å². The second kappa shape index (κ2) is 10.7. The number of amides is 3. The number of urea groups is 1. The number of imide groups is 1. The molecule has 2 saturated heterocycles. The Kier molecular flexibility index (Phi) is 8.27. The molecule has 0 radical (unpaired) electrons. The lowest BCUT2D eigenvalue weighted by Gasteiger charge is -2.35. The lowest BCUT2D eigenvalue weighted by molar-refractivity contribution is -0.169. The number of likely N-dealkylation sites (tertiary alicyclic amines) is 1. The van der Waals surface area contributed by atoms with E-state index in [1.165, 1.54) is 4.90 Å². The summed E-state index contributed by atoms with van der Waals surface area (Å²) in [4.78, 5) is 29.8. The van der Waals surface area contributed by atoms with Gasteiger partial charge in [0.1, 0.15) is 0 Å². The van der Waals surface area contributed by atoms with E-state index in [0.717, 1.165) is 38.8 Å². The third-order valence-electron chi connectivity index (χ3n) is 6.48. The number of carbonyl (C=O) groups excluding carboxylic acids is 2. The van der Waals surface area contributed by atoms with Crippen molar-refractivity contribution < 1.29 is 19.1 Å². The van der Waals surface area contributed by atoms with E-state index < -0.39 is 5.79 Å².